The summed E-state index contributed by atoms with van der Waals surface area (Å²) in [5, 5.41) is 9.87. The number of rotatable bonds is 5. The summed E-state index contributed by atoms with van der Waals surface area (Å²) in [6.45, 7) is 1.86. The Balaban J connectivity index is 2.06. The maximum atomic E-state index is 12.6. The number of allylic oxidation sites excluding steroid dienone is 1. The minimum atomic E-state index is -4.38. The number of benzene rings is 1. The van der Waals surface area contributed by atoms with Gasteiger partial charge in [0.2, 0.25) is 0 Å². The average Bonchev–Trinajstić information content (AvgIpc) is 2.53. The number of halogens is 3. The molecule has 2 rings (SSSR count). The maximum Gasteiger partial charge on any atom is 0.416 e. The zero-order valence-electron chi connectivity index (χ0n) is 14.2. The van der Waals surface area contributed by atoms with Crippen molar-refractivity contribution < 1.29 is 32.6 Å². The Morgan fingerprint density at radius 1 is 1.35 bits per heavy atom. The first-order chi connectivity index (χ1) is 12.1. The maximum absolute atomic E-state index is 12.6. The van der Waals surface area contributed by atoms with Crippen LogP contribution >= 0.6 is 11.8 Å². The lowest BCUT2D eigenvalue weighted by atomic mass is 9.79. The summed E-state index contributed by atoms with van der Waals surface area (Å²) in [7, 11) is 1.21. The summed E-state index contributed by atoms with van der Waals surface area (Å²) in [4.78, 5) is 24.3. The summed E-state index contributed by atoms with van der Waals surface area (Å²) < 4.78 is 42.5. The first kappa shape index (κ1) is 20.4. The fraction of sp³-hybridized carbons (Fsp3) is 0.444. The molecule has 0 spiro atoms. The normalized spacial score (nSPS) is 21.9. The van der Waals surface area contributed by atoms with Gasteiger partial charge in [-0.25, -0.2) is 0 Å². The van der Waals surface area contributed by atoms with Gasteiger partial charge in [0.05, 0.1) is 12.7 Å². The second-order valence-electron chi connectivity index (χ2n) is 6.19. The molecule has 142 valence electrons. The van der Waals surface area contributed by atoms with E-state index in [9.17, 15) is 27.9 Å². The molecule has 0 radical (unpaired) electrons. The first-order valence-electron chi connectivity index (χ1n) is 7.97. The van der Waals surface area contributed by atoms with Crippen molar-refractivity contribution in [3.63, 3.8) is 0 Å². The summed E-state index contributed by atoms with van der Waals surface area (Å²) >= 11 is 1.35. The van der Waals surface area contributed by atoms with Crippen molar-refractivity contribution in [3.05, 3.63) is 41.7 Å². The second-order valence-corrected chi connectivity index (χ2v) is 7.70. The summed E-state index contributed by atoms with van der Waals surface area (Å²) in [5.74, 6) is -2.49. The lowest BCUT2D eigenvalue weighted by molar-refractivity contribution is -0.147. The van der Waals surface area contributed by atoms with Crippen LogP contribution in [0.5, 0.6) is 0 Å². The number of ketones is 1. The Bertz CT molecular complexity index is 697. The number of ether oxygens (including phenoxy) is 1. The molecule has 0 amide bonds. The molecule has 0 aromatic heterocycles. The van der Waals surface area contributed by atoms with E-state index >= 15 is 0 Å². The number of carbonyl (C=O) groups excluding carboxylic acids is 2. The molecule has 1 aliphatic rings. The van der Waals surface area contributed by atoms with E-state index in [-0.39, 0.29) is 23.2 Å². The van der Waals surface area contributed by atoms with E-state index in [0.29, 0.717) is 11.3 Å². The van der Waals surface area contributed by atoms with Gasteiger partial charge in [0.25, 0.3) is 0 Å². The van der Waals surface area contributed by atoms with E-state index in [1.54, 1.807) is 0 Å². The number of aliphatic hydroxyl groups is 1. The highest BCUT2D eigenvalue weighted by atomic mass is 32.2. The molecule has 1 aromatic carbocycles. The highest BCUT2D eigenvalue weighted by Gasteiger charge is 2.38. The number of esters is 1. The lowest BCUT2D eigenvalue weighted by Gasteiger charge is -2.29. The topological polar surface area (TPSA) is 63.6 Å². The van der Waals surface area contributed by atoms with Crippen LogP contribution in [0, 0.1) is 11.8 Å². The molecule has 0 saturated heterocycles. The van der Waals surface area contributed by atoms with Crippen LogP contribution in [0.4, 0.5) is 13.2 Å². The SMILES string of the molecule is COC(=O)C1C(O)=CC(=O)CC1CC(C)Sc1ccc(C(F)(F)F)cc1. The van der Waals surface area contributed by atoms with Crippen molar-refractivity contribution in [2.45, 2.75) is 36.1 Å². The number of carbonyl (C=O) groups is 2. The molecule has 0 heterocycles. The molecule has 3 atom stereocenters. The molecule has 0 saturated carbocycles. The Labute approximate surface area is 153 Å². The Morgan fingerprint density at radius 2 is 1.96 bits per heavy atom. The molecular formula is C18H19F3O4S. The van der Waals surface area contributed by atoms with Gasteiger partial charge in [-0.3, -0.25) is 9.59 Å². The van der Waals surface area contributed by atoms with Crippen LogP contribution in [-0.4, -0.2) is 29.2 Å². The van der Waals surface area contributed by atoms with E-state index in [2.05, 4.69) is 0 Å². The first-order valence-corrected chi connectivity index (χ1v) is 8.85. The van der Waals surface area contributed by atoms with Crippen LogP contribution in [-0.2, 0) is 20.5 Å². The fourth-order valence-electron chi connectivity index (χ4n) is 3.02. The van der Waals surface area contributed by atoms with Gasteiger partial charge < -0.3 is 9.84 Å². The quantitative estimate of drug-likeness (QED) is 0.599. The van der Waals surface area contributed by atoms with E-state index in [0.717, 1.165) is 18.2 Å². The third-order valence-corrected chi connectivity index (χ3v) is 5.31. The van der Waals surface area contributed by atoms with Crippen LogP contribution in [0.2, 0.25) is 0 Å². The molecule has 1 aromatic rings. The summed E-state index contributed by atoms with van der Waals surface area (Å²) in [5.41, 5.74) is -0.715. The van der Waals surface area contributed by atoms with Gasteiger partial charge >= 0.3 is 12.1 Å². The van der Waals surface area contributed by atoms with Crippen LogP contribution in [0.3, 0.4) is 0 Å². The molecule has 1 N–H and O–H groups in total. The third kappa shape index (κ3) is 5.03. The minimum Gasteiger partial charge on any atom is -0.511 e. The van der Waals surface area contributed by atoms with Crippen molar-refractivity contribution in [2.24, 2.45) is 11.8 Å². The monoisotopic (exact) mass is 388 g/mol. The van der Waals surface area contributed by atoms with Crippen molar-refractivity contribution in [3.8, 4) is 0 Å². The standard InChI is InChI=1S/C18H19F3O4S/c1-10(26-14-5-3-12(4-6-14)18(19,20)21)7-11-8-13(22)9-15(23)16(11)17(24)25-2/h3-6,9-11,16,23H,7-8H2,1-2H3. The molecule has 3 unspecified atom stereocenters. The van der Waals surface area contributed by atoms with Crippen molar-refractivity contribution >= 4 is 23.5 Å². The molecule has 26 heavy (non-hydrogen) atoms. The van der Waals surface area contributed by atoms with Gasteiger partial charge in [-0.15, -0.1) is 11.8 Å². The predicted octanol–water partition coefficient (Wildman–Crippen LogP) is 4.40. The van der Waals surface area contributed by atoms with Gasteiger partial charge in [-0.1, -0.05) is 6.92 Å². The predicted molar refractivity (Wildman–Crippen MR) is 90.7 cm³/mol. The van der Waals surface area contributed by atoms with Gasteiger partial charge in [-0.05, 0) is 36.6 Å². The largest absolute Gasteiger partial charge is 0.511 e. The van der Waals surface area contributed by atoms with Gasteiger partial charge in [0, 0.05) is 22.6 Å². The molecule has 0 fully saturated rings. The van der Waals surface area contributed by atoms with E-state index in [4.69, 9.17) is 4.74 Å². The van der Waals surface area contributed by atoms with Gasteiger partial charge in [0.1, 0.15) is 11.7 Å². The molecule has 8 heteroatoms. The van der Waals surface area contributed by atoms with E-state index < -0.39 is 29.5 Å². The Kier molecular flexibility index (Phi) is 6.39. The Morgan fingerprint density at radius 3 is 2.50 bits per heavy atom. The molecular weight excluding hydrogens is 369 g/mol. The van der Waals surface area contributed by atoms with Crippen molar-refractivity contribution in [1.29, 1.82) is 0 Å². The molecule has 4 nitrogen and oxygen atoms in total. The van der Waals surface area contributed by atoms with Gasteiger partial charge in [-0.2, -0.15) is 13.2 Å². The van der Waals surface area contributed by atoms with Crippen molar-refractivity contribution in [1.82, 2.24) is 0 Å². The fourth-order valence-corrected chi connectivity index (χ4v) is 4.12. The second kappa shape index (κ2) is 8.16. The molecule has 0 aliphatic heterocycles. The number of aliphatic hydroxyl groups excluding tert-OH is 1. The van der Waals surface area contributed by atoms with Crippen LogP contribution in [0.15, 0.2) is 41.0 Å². The lowest BCUT2D eigenvalue weighted by Crippen LogP contribution is -2.33. The third-order valence-electron chi connectivity index (χ3n) is 4.17. The van der Waals surface area contributed by atoms with E-state index in [1.165, 1.54) is 31.0 Å². The van der Waals surface area contributed by atoms with E-state index in [1.807, 2.05) is 6.92 Å². The zero-order chi connectivity index (χ0) is 19.5. The highest BCUT2D eigenvalue weighted by molar-refractivity contribution is 7.99. The highest BCUT2D eigenvalue weighted by Crippen LogP contribution is 2.37. The average molecular weight is 388 g/mol. The molecule has 0 bridgehead atoms. The molecule has 1 aliphatic carbocycles. The smallest absolute Gasteiger partial charge is 0.416 e. The van der Waals surface area contributed by atoms with Gasteiger partial charge in [0.15, 0.2) is 5.78 Å². The summed E-state index contributed by atoms with van der Waals surface area (Å²) in [6.07, 6.45) is -2.79. The zero-order valence-corrected chi connectivity index (χ0v) is 15.1. The summed E-state index contributed by atoms with van der Waals surface area (Å²) in [6, 6.07) is 4.83. The number of alkyl halides is 3. The van der Waals surface area contributed by atoms with Crippen molar-refractivity contribution in [2.75, 3.05) is 7.11 Å². The number of hydrogen-bond donors (Lipinski definition) is 1. The van der Waals surface area contributed by atoms with Crippen LogP contribution in [0.1, 0.15) is 25.3 Å². The minimum absolute atomic E-state index is 0.0809. The number of thioether (sulfide) groups is 1. The Hall–Kier alpha value is -1.96. The van der Waals surface area contributed by atoms with Crippen LogP contribution in [0.25, 0.3) is 0 Å². The number of methoxy groups -OCH3 is 1. The van der Waals surface area contributed by atoms with Crippen LogP contribution < -0.4 is 0 Å². The number of hydrogen-bond acceptors (Lipinski definition) is 5.